The summed E-state index contributed by atoms with van der Waals surface area (Å²) in [5.74, 6) is -1.74. The van der Waals surface area contributed by atoms with E-state index in [1.807, 2.05) is 4.57 Å². The van der Waals surface area contributed by atoms with Gasteiger partial charge in [-0.1, -0.05) is 12.1 Å². The van der Waals surface area contributed by atoms with E-state index < -0.39 is 35.0 Å². The summed E-state index contributed by atoms with van der Waals surface area (Å²) in [6.45, 7) is 4.22. The Morgan fingerprint density at radius 3 is 2.53 bits per heavy atom. The summed E-state index contributed by atoms with van der Waals surface area (Å²) in [5, 5.41) is 10.7. The number of hydrogen-bond donors (Lipinski definition) is 1. The second kappa shape index (κ2) is 8.45. The van der Waals surface area contributed by atoms with E-state index in [0.29, 0.717) is 18.5 Å². The van der Waals surface area contributed by atoms with Crippen LogP contribution < -0.4 is 11.2 Å². The van der Waals surface area contributed by atoms with Crippen LogP contribution in [-0.4, -0.2) is 41.1 Å². The monoisotopic (exact) mass is 441 g/mol. The summed E-state index contributed by atoms with van der Waals surface area (Å²) in [6, 6.07) is 4.78. The average Bonchev–Trinajstić information content (AvgIpc) is 3.27. The summed E-state index contributed by atoms with van der Waals surface area (Å²) in [4.78, 5) is 44.6. The number of aromatic nitrogens is 4. The lowest BCUT2D eigenvalue weighted by molar-refractivity contribution is 0.0627. The Morgan fingerprint density at radius 1 is 1.19 bits per heavy atom. The van der Waals surface area contributed by atoms with Crippen molar-refractivity contribution in [3.8, 4) is 5.75 Å². The summed E-state index contributed by atoms with van der Waals surface area (Å²) in [5.41, 5.74) is -1.12. The van der Waals surface area contributed by atoms with Crippen LogP contribution in [0.4, 0.5) is 4.39 Å². The molecule has 10 heteroatoms. The molecule has 1 amide bonds. The predicted octanol–water partition coefficient (Wildman–Crippen LogP) is 1.92. The van der Waals surface area contributed by atoms with Gasteiger partial charge in [0.15, 0.2) is 5.69 Å². The molecule has 0 bridgehead atoms. The van der Waals surface area contributed by atoms with Crippen LogP contribution in [0.1, 0.15) is 48.4 Å². The maximum absolute atomic E-state index is 13.3. The third-order valence-corrected chi connectivity index (χ3v) is 5.67. The van der Waals surface area contributed by atoms with E-state index in [-0.39, 0.29) is 24.6 Å². The maximum Gasteiger partial charge on any atom is 0.332 e. The number of rotatable bonds is 6. The quantitative estimate of drug-likeness (QED) is 0.630. The number of nitrogens with zero attached hydrogens (tertiary/aromatic N) is 5. The Hall–Kier alpha value is -3.69. The Bertz CT molecular complexity index is 1250. The van der Waals surface area contributed by atoms with Gasteiger partial charge in [0.2, 0.25) is 5.75 Å². The highest BCUT2D eigenvalue weighted by molar-refractivity contribution is 5.95. The molecule has 168 valence electrons. The van der Waals surface area contributed by atoms with Gasteiger partial charge in [-0.3, -0.25) is 18.7 Å². The first kappa shape index (κ1) is 21.5. The molecule has 0 radical (unpaired) electrons. The van der Waals surface area contributed by atoms with Gasteiger partial charge in [-0.25, -0.2) is 14.2 Å². The fourth-order valence-corrected chi connectivity index (χ4v) is 4.08. The first-order valence-electron chi connectivity index (χ1n) is 10.4. The lowest BCUT2D eigenvalue weighted by atomic mass is 10.1. The van der Waals surface area contributed by atoms with Crippen LogP contribution in [0.5, 0.6) is 5.75 Å². The number of halogens is 1. The van der Waals surface area contributed by atoms with E-state index in [0.717, 1.165) is 4.57 Å². The lowest BCUT2D eigenvalue weighted by Gasteiger charge is -2.36. The van der Waals surface area contributed by atoms with Crippen molar-refractivity contribution in [2.75, 3.05) is 6.54 Å². The molecule has 1 aliphatic rings. The van der Waals surface area contributed by atoms with Crippen molar-refractivity contribution < 1.29 is 14.3 Å². The molecule has 1 unspecified atom stereocenters. The van der Waals surface area contributed by atoms with Gasteiger partial charge in [0.05, 0.1) is 12.4 Å². The molecule has 3 aromatic rings. The number of carbonyl (C=O) groups excluding carboxylic acids is 1. The minimum atomic E-state index is -0.887. The molecule has 1 aromatic carbocycles. The van der Waals surface area contributed by atoms with Gasteiger partial charge in [-0.2, -0.15) is 0 Å². The molecular formula is C22H24FN5O4. The Morgan fingerprint density at radius 2 is 1.91 bits per heavy atom. The van der Waals surface area contributed by atoms with Crippen molar-refractivity contribution >= 4 is 5.91 Å². The zero-order valence-electron chi connectivity index (χ0n) is 17.8. The van der Waals surface area contributed by atoms with E-state index in [1.165, 1.54) is 21.6 Å². The van der Waals surface area contributed by atoms with Crippen LogP contribution >= 0.6 is 0 Å². The van der Waals surface area contributed by atoms with Crippen molar-refractivity contribution in [2.45, 2.75) is 45.4 Å². The van der Waals surface area contributed by atoms with E-state index >= 15 is 0 Å². The summed E-state index contributed by atoms with van der Waals surface area (Å²) < 4.78 is 17.3. The molecule has 4 rings (SSSR count). The predicted molar refractivity (Wildman–Crippen MR) is 114 cm³/mol. The van der Waals surface area contributed by atoms with Gasteiger partial charge in [0.1, 0.15) is 5.82 Å². The lowest BCUT2D eigenvalue weighted by Crippen LogP contribution is -2.52. The largest absolute Gasteiger partial charge is 0.501 e. The number of imidazole rings is 1. The summed E-state index contributed by atoms with van der Waals surface area (Å²) >= 11 is 0. The first-order valence-corrected chi connectivity index (χ1v) is 10.4. The molecule has 0 saturated carbocycles. The van der Waals surface area contributed by atoms with Crippen molar-refractivity contribution in [1.82, 2.24) is 23.6 Å². The van der Waals surface area contributed by atoms with Gasteiger partial charge >= 0.3 is 5.69 Å². The molecular weight excluding hydrogens is 417 g/mol. The second-order valence-electron chi connectivity index (χ2n) is 8.17. The highest BCUT2D eigenvalue weighted by atomic mass is 19.1. The Balaban J connectivity index is 1.79. The average molecular weight is 441 g/mol. The van der Waals surface area contributed by atoms with E-state index in [4.69, 9.17) is 0 Å². The SMILES string of the molecule is CC(C)n1c(=O)c(O)c2n(c1=O)C(CCn1ccnc1)CN(Cc1ccc(F)cc1)C2=O. The van der Waals surface area contributed by atoms with Crippen molar-refractivity contribution in [3.05, 3.63) is 80.9 Å². The zero-order valence-corrected chi connectivity index (χ0v) is 17.8. The highest BCUT2D eigenvalue weighted by Crippen LogP contribution is 2.28. The van der Waals surface area contributed by atoms with Crippen molar-refractivity contribution in [1.29, 1.82) is 0 Å². The number of carbonyl (C=O) groups is 1. The molecule has 9 nitrogen and oxygen atoms in total. The van der Waals surface area contributed by atoms with Gasteiger partial charge in [-0.05, 0) is 38.0 Å². The Labute approximate surface area is 183 Å². The molecule has 1 atom stereocenters. The zero-order chi connectivity index (χ0) is 23.0. The molecule has 3 heterocycles. The van der Waals surface area contributed by atoms with Gasteiger partial charge in [-0.15, -0.1) is 0 Å². The molecule has 0 saturated heterocycles. The van der Waals surface area contributed by atoms with Gasteiger partial charge in [0.25, 0.3) is 11.5 Å². The summed E-state index contributed by atoms with van der Waals surface area (Å²) in [6.07, 6.45) is 5.56. The van der Waals surface area contributed by atoms with Crippen LogP contribution in [-0.2, 0) is 13.1 Å². The fraction of sp³-hybridized carbons (Fsp3) is 0.364. The minimum Gasteiger partial charge on any atom is -0.501 e. The Kier molecular flexibility index (Phi) is 5.68. The maximum atomic E-state index is 13.3. The molecule has 1 N–H and O–H groups in total. The molecule has 1 aliphatic heterocycles. The van der Waals surface area contributed by atoms with Crippen LogP contribution in [0, 0.1) is 5.82 Å². The van der Waals surface area contributed by atoms with Gasteiger partial charge in [0, 0.05) is 38.1 Å². The number of aromatic hydroxyl groups is 1. The second-order valence-corrected chi connectivity index (χ2v) is 8.17. The molecule has 0 spiro atoms. The molecule has 0 aliphatic carbocycles. The number of amides is 1. The number of aryl methyl sites for hydroxylation is 1. The third kappa shape index (κ3) is 3.83. The number of fused-ring (bicyclic) bond motifs is 1. The third-order valence-electron chi connectivity index (χ3n) is 5.67. The van der Waals surface area contributed by atoms with Crippen molar-refractivity contribution in [2.24, 2.45) is 0 Å². The topological polar surface area (TPSA) is 102 Å². The number of hydrogen-bond acceptors (Lipinski definition) is 5. The van der Waals surface area contributed by atoms with E-state index in [1.54, 1.807) is 44.7 Å². The van der Waals surface area contributed by atoms with Crippen LogP contribution in [0.3, 0.4) is 0 Å². The minimum absolute atomic E-state index is 0.154. The molecule has 32 heavy (non-hydrogen) atoms. The smallest absolute Gasteiger partial charge is 0.332 e. The molecule has 0 fully saturated rings. The van der Waals surface area contributed by atoms with E-state index in [2.05, 4.69) is 4.98 Å². The van der Waals surface area contributed by atoms with E-state index in [9.17, 15) is 23.9 Å². The highest BCUT2D eigenvalue weighted by Gasteiger charge is 2.37. The van der Waals surface area contributed by atoms with Crippen molar-refractivity contribution in [3.63, 3.8) is 0 Å². The normalized spacial score (nSPS) is 15.9. The number of benzene rings is 1. The molecule has 2 aromatic heterocycles. The van der Waals surface area contributed by atoms with Gasteiger partial charge < -0.3 is 14.6 Å². The standard InChI is InChI=1S/C22H24FN5O4/c1-14(2)27-21(31)19(29)18-20(30)26(11-15-3-5-16(23)6-4-15)12-17(28(18)22(27)32)7-9-25-10-8-24-13-25/h3-6,8,10,13-14,17,29H,7,9,11-12H2,1-2H3. The van der Waals surface area contributed by atoms with Crippen LogP contribution in [0.25, 0.3) is 0 Å². The van der Waals surface area contributed by atoms with Crippen LogP contribution in [0.15, 0.2) is 52.6 Å². The first-order chi connectivity index (χ1) is 15.3. The van der Waals surface area contributed by atoms with Crippen LogP contribution in [0.2, 0.25) is 0 Å². The fourth-order valence-electron chi connectivity index (χ4n) is 4.08. The summed E-state index contributed by atoms with van der Waals surface area (Å²) in [7, 11) is 0.